The van der Waals surface area contributed by atoms with E-state index in [9.17, 15) is 0 Å². The summed E-state index contributed by atoms with van der Waals surface area (Å²) in [6, 6.07) is 10.1. The van der Waals surface area contributed by atoms with E-state index in [0.717, 1.165) is 10.8 Å². The molecule has 2 N–H and O–H groups in total. The molecule has 2 atom stereocenters. The molecule has 2 heterocycles. The van der Waals surface area contributed by atoms with E-state index in [1.165, 1.54) is 0 Å². The summed E-state index contributed by atoms with van der Waals surface area (Å²) in [6.07, 6.45) is 0.178. The van der Waals surface area contributed by atoms with E-state index in [-0.39, 0.29) is 12.3 Å². The summed E-state index contributed by atoms with van der Waals surface area (Å²) in [6.45, 7) is 0. The van der Waals surface area contributed by atoms with E-state index in [1.54, 1.807) is 0 Å². The molecule has 88 valence electrons. The summed E-state index contributed by atoms with van der Waals surface area (Å²) >= 11 is 10.6. The van der Waals surface area contributed by atoms with Crippen LogP contribution in [-0.4, -0.2) is 34.5 Å². The number of likely N-dealkylation sites (N-methyl/N-ethyl adjacent to an activating group) is 1. The maximum Gasteiger partial charge on any atom is 0.179 e. The largest absolute Gasteiger partial charge is 0.339 e. The Morgan fingerprint density at radius 3 is 2.41 bits per heavy atom. The minimum atomic E-state index is 0.0717. The molecule has 0 bridgehead atoms. The van der Waals surface area contributed by atoms with Gasteiger partial charge < -0.3 is 15.5 Å². The molecular formula is C11H12N4S2. The van der Waals surface area contributed by atoms with Gasteiger partial charge in [-0.15, -0.1) is 0 Å². The third-order valence-corrected chi connectivity index (χ3v) is 3.82. The molecule has 0 saturated carbocycles. The minimum Gasteiger partial charge on any atom is -0.339 e. The van der Waals surface area contributed by atoms with Crippen LogP contribution < -0.4 is 15.5 Å². The van der Waals surface area contributed by atoms with Crippen molar-refractivity contribution in [3.05, 3.63) is 30.3 Å². The third-order valence-electron chi connectivity index (χ3n) is 3.09. The lowest BCUT2D eigenvalue weighted by Crippen LogP contribution is -2.43. The van der Waals surface area contributed by atoms with E-state index in [2.05, 4.69) is 15.5 Å². The molecule has 2 fully saturated rings. The molecule has 3 rings (SSSR count). The first-order valence-electron chi connectivity index (χ1n) is 5.36. The highest BCUT2D eigenvalue weighted by Gasteiger charge is 2.46. The Balaban J connectivity index is 1.99. The summed E-state index contributed by atoms with van der Waals surface area (Å²) in [5.41, 5.74) is 1.08. The number of fused-ring (bicyclic) bond motifs is 1. The summed E-state index contributed by atoms with van der Waals surface area (Å²) in [7, 11) is 1.98. The van der Waals surface area contributed by atoms with Crippen LogP contribution >= 0.6 is 24.4 Å². The lowest BCUT2D eigenvalue weighted by atomic mass is 10.3. The topological polar surface area (TPSA) is 30.5 Å². The van der Waals surface area contributed by atoms with Crippen molar-refractivity contribution >= 4 is 40.3 Å². The van der Waals surface area contributed by atoms with Gasteiger partial charge in [-0.05, 0) is 36.6 Å². The summed E-state index contributed by atoms with van der Waals surface area (Å²) < 4.78 is 0. The van der Waals surface area contributed by atoms with Gasteiger partial charge in [-0.25, -0.2) is 0 Å². The van der Waals surface area contributed by atoms with Gasteiger partial charge in [-0.3, -0.25) is 4.90 Å². The number of anilines is 1. The zero-order valence-corrected chi connectivity index (χ0v) is 10.9. The quantitative estimate of drug-likeness (QED) is 0.732. The van der Waals surface area contributed by atoms with Gasteiger partial charge in [-0.1, -0.05) is 18.2 Å². The lowest BCUT2D eigenvalue weighted by Gasteiger charge is -2.23. The van der Waals surface area contributed by atoms with Gasteiger partial charge in [0.15, 0.2) is 10.2 Å². The Morgan fingerprint density at radius 2 is 1.71 bits per heavy atom. The Hall–Kier alpha value is -1.40. The van der Waals surface area contributed by atoms with Crippen molar-refractivity contribution in [2.75, 3.05) is 11.9 Å². The first-order valence-corrected chi connectivity index (χ1v) is 6.18. The molecule has 2 aliphatic heterocycles. The fourth-order valence-electron chi connectivity index (χ4n) is 2.25. The molecular weight excluding hydrogens is 252 g/mol. The van der Waals surface area contributed by atoms with Crippen molar-refractivity contribution in [1.82, 2.24) is 15.5 Å². The average molecular weight is 264 g/mol. The van der Waals surface area contributed by atoms with Crippen LogP contribution in [0.25, 0.3) is 0 Å². The predicted molar refractivity (Wildman–Crippen MR) is 75.7 cm³/mol. The lowest BCUT2D eigenvalue weighted by molar-refractivity contribution is 0.364. The number of thiocarbonyl (C=S) groups is 2. The van der Waals surface area contributed by atoms with E-state index in [0.29, 0.717) is 5.11 Å². The Labute approximate surface area is 111 Å². The maximum atomic E-state index is 5.47. The van der Waals surface area contributed by atoms with Crippen molar-refractivity contribution in [2.24, 2.45) is 0 Å². The Kier molecular flexibility index (Phi) is 2.41. The molecule has 1 aromatic carbocycles. The Morgan fingerprint density at radius 1 is 1.06 bits per heavy atom. The van der Waals surface area contributed by atoms with Gasteiger partial charge in [0.2, 0.25) is 0 Å². The predicted octanol–water partition coefficient (Wildman–Crippen LogP) is 0.853. The molecule has 0 unspecified atom stereocenters. The van der Waals surface area contributed by atoms with E-state index in [1.807, 2.05) is 42.3 Å². The second kappa shape index (κ2) is 3.82. The molecule has 0 amide bonds. The van der Waals surface area contributed by atoms with Crippen LogP contribution in [0.2, 0.25) is 0 Å². The first-order chi connectivity index (χ1) is 8.18. The standard InChI is InChI=1S/C11H12N4S2/c1-14-8-9(13-10(16)12-8)15(11(14)17)7-5-3-2-4-6-7/h2-6,8-9H,1H3,(H2,12,13,16)/t8-,9+/m1/s1. The van der Waals surface area contributed by atoms with Crippen molar-refractivity contribution in [3.63, 3.8) is 0 Å². The molecule has 6 heteroatoms. The van der Waals surface area contributed by atoms with Crippen LogP contribution in [0.5, 0.6) is 0 Å². The monoisotopic (exact) mass is 264 g/mol. The van der Waals surface area contributed by atoms with Crippen LogP contribution in [0, 0.1) is 0 Å². The number of hydrogen-bond donors (Lipinski definition) is 2. The van der Waals surface area contributed by atoms with Crippen molar-refractivity contribution in [2.45, 2.75) is 12.3 Å². The number of benzene rings is 1. The second-order valence-corrected chi connectivity index (χ2v) is 4.88. The van der Waals surface area contributed by atoms with Gasteiger partial charge >= 0.3 is 0 Å². The number of rotatable bonds is 1. The van der Waals surface area contributed by atoms with Gasteiger partial charge in [0, 0.05) is 12.7 Å². The van der Waals surface area contributed by atoms with Crippen LogP contribution in [-0.2, 0) is 0 Å². The molecule has 2 aliphatic rings. The summed E-state index contributed by atoms with van der Waals surface area (Å²) in [4.78, 5) is 4.12. The highest BCUT2D eigenvalue weighted by atomic mass is 32.1. The zero-order valence-electron chi connectivity index (χ0n) is 9.25. The number of nitrogens with zero attached hydrogens (tertiary/aromatic N) is 2. The van der Waals surface area contributed by atoms with E-state index < -0.39 is 0 Å². The van der Waals surface area contributed by atoms with Crippen LogP contribution in [0.3, 0.4) is 0 Å². The van der Waals surface area contributed by atoms with E-state index >= 15 is 0 Å². The van der Waals surface area contributed by atoms with Crippen LogP contribution in [0.15, 0.2) is 30.3 Å². The van der Waals surface area contributed by atoms with Gasteiger partial charge in [0.05, 0.1) is 0 Å². The van der Waals surface area contributed by atoms with Gasteiger partial charge in [0.1, 0.15) is 12.3 Å². The van der Waals surface area contributed by atoms with Crippen molar-refractivity contribution in [1.29, 1.82) is 0 Å². The maximum absolute atomic E-state index is 5.47. The molecule has 1 aromatic rings. The average Bonchev–Trinajstić information content (AvgIpc) is 2.80. The van der Waals surface area contributed by atoms with Gasteiger partial charge in [0.25, 0.3) is 0 Å². The second-order valence-electron chi connectivity index (χ2n) is 4.11. The van der Waals surface area contributed by atoms with Crippen LogP contribution in [0.1, 0.15) is 0 Å². The SMILES string of the molecule is CN1C(=S)N(c2ccccc2)[C@@H]2NC(=S)N[C@@H]21. The fourth-order valence-corrected chi connectivity index (χ4v) is 2.82. The molecule has 4 nitrogen and oxygen atoms in total. The number of para-hydroxylation sites is 1. The van der Waals surface area contributed by atoms with Crippen molar-refractivity contribution in [3.8, 4) is 0 Å². The Bertz CT molecular complexity index is 476. The smallest absolute Gasteiger partial charge is 0.179 e. The normalized spacial score (nSPS) is 26.9. The van der Waals surface area contributed by atoms with Crippen LogP contribution in [0.4, 0.5) is 5.69 Å². The number of hydrogen-bond acceptors (Lipinski definition) is 2. The molecule has 0 spiro atoms. The summed E-state index contributed by atoms with van der Waals surface area (Å²) in [5.74, 6) is 0. The van der Waals surface area contributed by atoms with Crippen molar-refractivity contribution < 1.29 is 0 Å². The fraction of sp³-hybridized carbons (Fsp3) is 0.273. The highest BCUT2D eigenvalue weighted by molar-refractivity contribution is 7.80. The highest BCUT2D eigenvalue weighted by Crippen LogP contribution is 2.27. The number of nitrogens with one attached hydrogen (secondary N) is 2. The minimum absolute atomic E-state index is 0.0717. The molecule has 17 heavy (non-hydrogen) atoms. The molecule has 0 aromatic heterocycles. The zero-order chi connectivity index (χ0) is 12.0. The van der Waals surface area contributed by atoms with Gasteiger partial charge in [-0.2, -0.15) is 0 Å². The summed E-state index contributed by atoms with van der Waals surface area (Å²) in [5, 5.41) is 7.93. The molecule has 0 aliphatic carbocycles. The third kappa shape index (κ3) is 1.56. The first kappa shape index (κ1) is 10.7. The molecule has 2 saturated heterocycles. The molecule has 0 radical (unpaired) electrons. The van der Waals surface area contributed by atoms with E-state index in [4.69, 9.17) is 24.4 Å².